The van der Waals surface area contributed by atoms with Crippen LogP contribution in [0.2, 0.25) is 5.02 Å². The zero-order valence-corrected chi connectivity index (χ0v) is 10.5. The summed E-state index contributed by atoms with van der Waals surface area (Å²) in [7, 11) is 1.62. The van der Waals surface area contributed by atoms with Gasteiger partial charge in [0.15, 0.2) is 0 Å². The molecule has 0 fully saturated rings. The van der Waals surface area contributed by atoms with Crippen molar-refractivity contribution in [1.29, 1.82) is 0 Å². The second-order valence-electron chi connectivity index (χ2n) is 3.86. The molecular weight excluding hydrogens is 244 g/mol. The Morgan fingerprint density at radius 3 is 2.88 bits per heavy atom. The lowest BCUT2D eigenvalue weighted by molar-refractivity contribution is -0.384. The van der Waals surface area contributed by atoms with Crippen LogP contribution in [-0.4, -0.2) is 25.2 Å². The maximum Gasteiger partial charge on any atom is 0.292 e. The van der Waals surface area contributed by atoms with Gasteiger partial charge in [-0.15, -0.1) is 0 Å². The van der Waals surface area contributed by atoms with E-state index in [1.807, 2.05) is 6.92 Å². The van der Waals surface area contributed by atoms with Crippen molar-refractivity contribution >= 4 is 23.0 Å². The number of nitrogens with one attached hydrogen (secondary N) is 1. The van der Waals surface area contributed by atoms with Crippen LogP contribution in [0.4, 0.5) is 11.4 Å². The summed E-state index contributed by atoms with van der Waals surface area (Å²) in [6, 6.07) is 4.45. The molecule has 0 spiro atoms. The van der Waals surface area contributed by atoms with E-state index in [2.05, 4.69) is 5.32 Å². The molecule has 0 aliphatic heterocycles. The molecule has 0 amide bonds. The number of hydrogen-bond acceptors (Lipinski definition) is 4. The first-order chi connectivity index (χ1) is 8.04. The molecule has 0 aliphatic carbocycles. The number of halogens is 1. The van der Waals surface area contributed by atoms with Gasteiger partial charge in [-0.05, 0) is 18.1 Å². The molecule has 1 atom stereocenters. The molecule has 0 saturated heterocycles. The topological polar surface area (TPSA) is 64.4 Å². The third kappa shape index (κ3) is 4.20. The summed E-state index contributed by atoms with van der Waals surface area (Å²) in [5, 5.41) is 14.3. The average molecular weight is 259 g/mol. The van der Waals surface area contributed by atoms with Crippen LogP contribution >= 0.6 is 11.6 Å². The maximum absolute atomic E-state index is 10.8. The fraction of sp³-hybridized carbons (Fsp3) is 0.455. The Morgan fingerprint density at radius 2 is 2.29 bits per heavy atom. The summed E-state index contributed by atoms with van der Waals surface area (Å²) in [5.41, 5.74) is 0.462. The highest BCUT2D eigenvalue weighted by Gasteiger charge is 2.14. The summed E-state index contributed by atoms with van der Waals surface area (Å²) in [6.45, 7) is 3.18. The van der Waals surface area contributed by atoms with Gasteiger partial charge in [-0.2, -0.15) is 0 Å². The predicted octanol–water partition coefficient (Wildman–Crippen LogP) is 2.94. The van der Waals surface area contributed by atoms with E-state index >= 15 is 0 Å². The van der Waals surface area contributed by atoms with E-state index in [9.17, 15) is 10.1 Å². The first kappa shape index (κ1) is 13.7. The molecule has 17 heavy (non-hydrogen) atoms. The molecule has 1 aromatic carbocycles. The molecule has 6 heteroatoms. The lowest BCUT2D eigenvalue weighted by Gasteiger charge is -2.12. The van der Waals surface area contributed by atoms with E-state index in [0.29, 0.717) is 23.9 Å². The van der Waals surface area contributed by atoms with Crippen molar-refractivity contribution in [1.82, 2.24) is 0 Å². The van der Waals surface area contributed by atoms with Crippen LogP contribution in [0, 0.1) is 16.0 Å². The van der Waals surface area contributed by atoms with Gasteiger partial charge in [0.1, 0.15) is 5.69 Å². The van der Waals surface area contributed by atoms with Crippen LogP contribution in [0.1, 0.15) is 6.92 Å². The van der Waals surface area contributed by atoms with E-state index in [0.717, 1.165) is 0 Å². The Balaban J connectivity index is 2.75. The lowest BCUT2D eigenvalue weighted by Crippen LogP contribution is -2.16. The molecule has 5 nitrogen and oxygen atoms in total. The van der Waals surface area contributed by atoms with Gasteiger partial charge >= 0.3 is 0 Å². The summed E-state index contributed by atoms with van der Waals surface area (Å²) in [4.78, 5) is 10.4. The van der Waals surface area contributed by atoms with Gasteiger partial charge < -0.3 is 10.1 Å². The monoisotopic (exact) mass is 258 g/mol. The maximum atomic E-state index is 10.8. The molecule has 0 aliphatic rings. The Kier molecular flexibility index (Phi) is 5.18. The smallest absolute Gasteiger partial charge is 0.292 e. The summed E-state index contributed by atoms with van der Waals surface area (Å²) >= 11 is 5.81. The van der Waals surface area contributed by atoms with Crippen molar-refractivity contribution in [3.05, 3.63) is 33.3 Å². The summed E-state index contributed by atoms with van der Waals surface area (Å²) in [5.74, 6) is 0.263. The van der Waals surface area contributed by atoms with Gasteiger partial charge in [-0.1, -0.05) is 18.5 Å². The van der Waals surface area contributed by atoms with E-state index < -0.39 is 4.92 Å². The second-order valence-corrected chi connectivity index (χ2v) is 4.30. The van der Waals surface area contributed by atoms with Crippen molar-refractivity contribution < 1.29 is 9.66 Å². The van der Waals surface area contributed by atoms with Crippen molar-refractivity contribution in [2.45, 2.75) is 6.92 Å². The highest BCUT2D eigenvalue weighted by atomic mass is 35.5. The van der Waals surface area contributed by atoms with Crippen molar-refractivity contribution in [2.75, 3.05) is 25.6 Å². The van der Waals surface area contributed by atoms with Crippen molar-refractivity contribution in [2.24, 2.45) is 5.92 Å². The Bertz CT molecular complexity index is 398. The zero-order chi connectivity index (χ0) is 12.8. The average Bonchev–Trinajstić information content (AvgIpc) is 2.26. The third-order valence-electron chi connectivity index (χ3n) is 2.25. The first-order valence-corrected chi connectivity index (χ1v) is 5.59. The van der Waals surface area contributed by atoms with E-state index in [-0.39, 0.29) is 11.6 Å². The summed E-state index contributed by atoms with van der Waals surface area (Å²) in [6.07, 6.45) is 0. The molecule has 94 valence electrons. The van der Waals surface area contributed by atoms with E-state index in [1.54, 1.807) is 13.2 Å². The predicted molar refractivity (Wildman–Crippen MR) is 67.6 cm³/mol. The van der Waals surface area contributed by atoms with Crippen molar-refractivity contribution in [3.63, 3.8) is 0 Å². The Hall–Kier alpha value is -1.33. The number of benzene rings is 1. The molecule has 1 rings (SSSR count). The van der Waals surface area contributed by atoms with Crippen LogP contribution < -0.4 is 5.32 Å². The lowest BCUT2D eigenvalue weighted by atomic mass is 10.2. The Labute approximate surface area is 105 Å². The van der Waals surface area contributed by atoms with Crippen LogP contribution in [-0.2, 0) is 4.74 Å². The summed E-state index contributed by atoms with van der Waals surface area (Å²) < 4.78 is 4.99. The van der Waals surface area contributed by atoms with Gasteiger partial charge in [-0.3, -0.25) is 10.1 Å². The number of methoxy groups -OCH3 is 1. The van der Waals surface area contributed by atoms with Gasteiger partial charge in [-0.25, -0.2) is 0 Å². The minimum Gasteiger partial charge on any atom is -0.384 e. The normalized spacial score (nSPS) is 12.2. The number of nitrogens with zero attached hydrogens (tertiary/aromatic N) is 1. The fourth-order valence-electron chi connectivity index (χ4n) is 1.44. The minimum atomic E-state index is -0.431. The molecular formula is C11H15ClN2O3. The SMILES string of the molecule is COCC(C)CNc1cc(Cl)ccc1[N+](=O)[O-]. The quantitative estimate of drug-likeness (QED) is 0.629. The number of hydrogen-bond donors (Lipinski definition) is 1. The molecule has 1 aromatic rings. The number of rotatable bonds is 6. The molecule has 0 radical (unpaired) electrons. The third-order valence-corrected chi connectivity index (χ3v) is 2.48. The standard InChI is InChI=1S/C11H15ClN2O3/c1-8(7-17-2)6-13-10-5-9(12)3-4-11(10)14(15)16/h3-5,8,13H,6-7H2,1-2H3. The fourth-order valence-corrected chi connectivity index (χ4v) is 1.61. The molecule has 1 unspecified atom stereocenters. The van der Waals surface area contributed by atoms with Gasteiger partial charge in [0, 0.05) is 24.7 Å². The Morgan fingerprint density at radius 1 is 1.59 bits per heavy atom. The second kappa shape index (κ2) is 6.42. The number of ether oxygens (including phenoxy) is 1. The number of nitro benzene ring substituents is 1. The molecule has 0 bridgehead atoms. The minimum absolute atomic E-state index is 0.0269. The molecule has 1 N–H and O–H groups in total. The van der Waals surface area contributed by atoms with E-state index in [4.69, 9.17) is 16.3 Å². The van der Waals surface area contributed by atoms with Crippen LogP contribution in [0.25, 0.3) is 0 Å². The van der Waals surface area contributed by atoms with Gasteiger partial charge in [0.25, 0.3) is 5.69 Å². The van der Waals surface area contributed by atoms with E-state index in [1.165, 1.54) is 12.1 Å². The molecule has 0 saturated carbocycles. The number of nitro groups is 1. The highest BCUT2D eigenvalue weighted by molar-refractivity contribution is 6.31. The highest BCUT2D eigenvalue weighted by Crippen LogP contribution is 2.27. The van der Waals surface area contributed by atoms with Gasteiger partial charge in [0.2, 0.25) is 0 Å². The largest absolute Gasteiger partial charge is 0.384 e. The molecule has 0 aromatic heterocycles. The first-order valence-electron chi connectivity index (χ1n) is 5.21. The zero-order valence-electron chi connectivity index (χ0n) is 9.77. The van der Waals surface area contributed by atoms with Crippen LogP contribution in [0.3, 0.4) is 0 Å². The van der Waals surface area contributed by atoms with Crippen LogP contribution in [0.5, 0.6) is 0 Å². The number of anilines is 1. The van der Waals surface area contributed by atoms with Crippen molar-refractivity contribution in [3.8, 4) is 0 Å². The molecule has 0 heterocycles. The van der Waals surface area contributed by atoms with Crippen LogP contribution in [0.15, 0.2) is 18.2 Å². The van der Waals surface area contributed by atoms with Gasteiger partial charge in [0.05, 0.1) is 11.5 Å².